The summed E-state index contributed by atoms with van der Waals surface area (Å²) in [6.07, 6.45) is 0.360. The number of aryl methyl sites for hydroxylation is 1. The fraction of sp³-hybridized carbons (Fsp3) is 0.250. The third kappa shape index (κ3) is 4.12. The molecular weight excluding hydrogens is 314 g/mol. The van der Waals surface area contributed by atoms with Gasteiger partial charge in [0.15, 0.2) is 5.78 Å². The van der Waals surface area contributed by atoms with Gasteiger partial charge in [0.25, 0.3) is 0 Å². The van der Waals surface area contributed by atoms with Gasteiger partial charge >= 0.3 is 0 Å². The molecule has 0 aliphatic carbocycles. The van der Waals surface area contributed by atoms with E-state index in [0.29, 0.717) is 11.4 Å². The largest absolute Gasteiger partial charge is 0.346 e. The molecule has 5 heteroatoms. The molecule has 0 spiro atoms. The number of carbonyl (C=O) groups excluding carboxylic acids is 2. The summed E-state index contributed by atoms with van der Waals surface area (Å²) in [5.41, 5.74) is 3.55. The van der Waals surface area contributed by atoms with Crippen LogP contribution >= 0.6 is 0 Å². The van der Waals surface area contributed by atoms with Crippen LogP contribution in [0.25, 0.3) is 11.0 Å². The minimum absolute atomic E-state index is 0.0217. The Kier molecular flexibility index (Phi) is 4.93. The Morgan fingerprint density at radius 1 is 1.08 bits per heavy atom. The fourth-order valence-electron chi connectivity index (χ4n) is 2.67. The molecule has 0 fully saturated rings. The Hall–Kier alpha value is -2.95. The van der Waals surface area contributed by atoms with Crippen molar-refractivity contribution in [3.05, 3.63) is 65.5 Å². The molecule has 0 aliphatic rings. The Morgan fingerprint density at radius 2 is 1.80 bits per heavy atom. The van der Waals surface area contributed by atoms with Crippen LogP contribution in [-0.4, -0.2) is 21.7 Å². The molecule has 1 unspecified atom stereocenters. The first-order valence-corrected chi connectivity index (χ1v) is 8.37. The van der Waals surface area contributed by atoms with E-state index < -0.39 is 0 Å². The van der Waals surface area contributed by atoms with Crippen molar-refractivity contribution < 1.29 is 9.59 Å². The van der Waals surface area contributed by atoms with Gasteiger partial charge in [0.2, 0.25) is 5.91 Å². The van der Waals surface area contributed by atoms with Crippen molar-refractivity contribution in [2.45, 2.75) is 32.7 Å². The maximum Gasteiger partial charge on any atom is 0.221 e. The number of benzene rings is 2. The van der Waals surface area contributed by atoms with Gasteiger partial charge in [0.05, 0.1) is 17.1 Å². The highest BCUT2D eigenvalue weighted by Crippen LogP contribution is 2.16. The normalized spacial score (nSPS) is 12.1. The summed E-state index contributed by atoms with van der Waals surface area (Å²) in [6, 6.07) is 14.9. The molecule has 2 aromatic carbocycles. The number of para-hydroxylation sites is 2. The molecule has 25 heavy (non-hydrogen) atoms. The van der Waals surface area contributed by atoms with Gasteiger partial charge in [-0.1, -0.05) is 42.0 Å². The molecule has 0 bridgehead atoms. The zero-order valence-electron chi connectivity index (χ0n) is 14.4. The summed E-state index contributed by atoms with van der Waals surface area (Å²) in [5.74, 6) is 0.527. The summed E-state index contributed by atoms with van der Waals surface area (Å²) in [7, 11) is 0. The molecule has 5 nitrogen and oxygen atoms in total. The standard InChI is InChI=1S/C20H21N3O2/c1-13-7-9-15(10-8-13)18(24)11-12-19(25)21-14(2)20-22-16-5-3-4-6-17(16)23-20/h3-10,14H,11-12H2,1-2H3,(H,21,25)(H,22,23). The zero-order chi connectivity index (χ0) is 17.8. The van der Waals surface area contributed by atoms with Gasteiger partial charge in [0, 0.05) is 18.4 Å². The highest BCUT2D eigenvalue weighted by molar-refractivity contribution is 5.98. The predicted octanol–water partition coefficient (Wildman–Crippen LogP) is 3.71. The highest BCUT2D eigenvalue weighted by Gasteiger charge is 2.15. The van der Waals surface area contributed by atoms with E-state index in [9.17, 15) is 9.59 Å². The summed E-state index contributed by atoms with van der Waals surface area (Å²) in [4.78, 5) is 31.9. The topological polar surface area (TPSA) is 74.8 Å². The highest BCUT2D eigenvalue weighted by atomic mass is 16.2. The zero-order valence-corrected chi connectivity index (χ0v) is 14.4. The van der Waals surface area contributed by atoms with E-state index in [1.165, 1.54) is 0 Å². The van der Waals surface area contributed by atoms with Gasteiger partial charge in [-0.3, -0.25) is 9.59 Å². The molecule has 3 rings (SSSR count). The van der Waals surface area contributed by atoms with Gasteiger partial charge in [-0.25, -0.2) is 4.98 Å². The van der Waals surface area contributed by atoms with E-state index in [1.807, 2.05) is 50.2 Å². The van der Waals surface area contributed by atoms with Gasteiger partial charge in [0.1, 0.15) is 5.82 Å². The number of amides is 1. The minimum Gasteiger partial charge on any atom is -0.346 e. The molecule has 128 valence electrons. The number of hydrogen-bond acceptors (Lipinski definition) is 3. The molecular formula is C20H21N3O2. The molecule has 1 amide bonds. The number of Topliss-reactive ketones (excluding diaryl/α,β-unsaturated/α-hetero) is 1. The van der Waals surface area contributed by atoms with Crippen LogP contribution in [0.3, 0.4) is 0 Å². The first-order valence-electron chi connectivity index (χ1n) is 8.37. The SMILES string of the molecule is Cc1ccc(C(=O)CCC(=O)NC(C)c2nc3ccccc3[nH]2)cc1. The Labute approximate surface area is 146 Å². The lowest BCUT2D eigenvalue weighted by Crippen LogP contribution is -2.27. The van der Waals surface area contributed by atoms with Crippen LogP contribution in [0.2, 0.25) is 0 Å². The van der Waals surface area contributed by atoms with Crippen molar-refractivity contribution in [1.82, 2.24) is 15.3 Å². The van der Waals surface area contributed by atoms with Crippen molar-refractivity contribution in [2.75, 3.05) is 0 Å². The van der Waals surface area contributed by atoms with Crippen molar-refractivity contribution in [3.63, 3.8) is 0 Å². The molecule has 0 aliphatic heterocycles. The van der Waals surface area contributed by atoms with Crippen molar-refractivity contribution in [3.8, 4) is 0 Å². The van der Waals surface area contributed by atoms with Gasteiger partial charge < -0.3 is 10.3 Å². The fourth-order valence-corrected chi connectivity index (χ4v) is 2.67. The average molecular weight is 335 g/mol. The number of fused-ring (bicyclic) bond motifs is 1. The molecule has 3 aromatic rings. The Morgan fingerprint density at radius 3 is 2.52 bits per heavy atom. The number of rotatable bonds is 6. The summed E-state index contributed by atoms with van der Waals surface area (Å²) < 4.78 is 0. The van der Waals surface area contributed by atoms with Crippen molar-refractivity contribution in [1.29, 1.82) is 0 Å². The number of carbonyl (C=O) groups is 2. The average Bonchev–Trinajstić information content (AvgIpc) is 3.04. The van der Waals surface area contributed by atoms with E-state index in [0.717, 1.165) is 16.6 Å². The minimum atomic E-state index is -0.241. The van der Waals surface area contributed by atoms with E-state index in [4.69, 9.17) is 0 Å². The lowest BCUT2D eigenvalue weighted by molar-refractivity contribution is -0.121. The second kappa shape index (κ2) is 7.30. The van der Waals surface area contributed by atoms with E-state index >= 15 is 0 Å². The Bertz CT molecular complexity index is 864. The second-order valence-corrected chi connectivity index (χ2v) is 6.22. The lowest BCUT2D eigenvalue weighted by Gasteiger charge is -2.11. The van der Waals surface area contributed by atoms with Crippen molar-refractivity contribution >= 4 is 22.7 Å². The van der Waals surface area contributed by atoms with Crippen LogP contribution in [0.5, 0.6) is 0 Å². The maximum absolute atomic E-state index is 12.1. The Balaban J connectivity index is 1.54. The van der Waals surface area contributed by atoms with Crippen LogP contribution in [0.4, 0.5) is 0 Å². The maximum atomic E-state index is 12.1. The van der Waals surface area contributed by atoms with E-state index in [2.05, 4.69) is 15.3 Å². The van der Waals surface area contributed by atoms with E-state index in [-0.39, 0.29) is 30.6 Å². The number of nitrogens with one attached hydrogen (secondary N) is 2. The number of H-pyrrole nitrogens is 1. The van der Waals surface area contributed by atoms with Crippen LogP contribution in [0, 0.1) is 6.92 Å². The molecule has 0 saturated carbocycles. The van der Waals surface area contributed by atoms with Crippen LogP contribution < -0.4 is 5.32 Å². The number of hydrogen-bond donors (Lipinski definition) is 2. The summed E-state index contributed by atoms with van der Waals surface area (Å²) in [6.45, 7) is 3.85. The molecule has 1 heterocycles. The predicted molar refractivity (Wildman–Crippen MR) is 97.4 cm³/mol. The molecule has 0 saturated heterocycles. The first kappa shape index (κ1) is 16.9. The number of imidazole rings is 1. The van der Waals surface area contributed by atoms with E-state index in [1.54, 1.807) is 12.1 Å². The lowest BCUT2D eigenvalue weighted by atomic mass is 10.0. The van der Waals surface area contributed by atoms with Crippen LogP contribution in [-0.2, 0) is 4.79 Å². The molecule has 0 radical (unpaired) electrons. The van der Waals surface area contributed by atoms with Gasteiger partial charge in [-0.05, 0) is 26.0 Å². The molecule has 1 aromatic heterocycles. The van der Waals surface area contributed by atoms with Crippen molar-refractivity contribution in [2.24, 2.45) is 0 Å². The summed E-state index contributed by atoms with van der Waals surface area (Å²) >= 11 is 0. The monoisotopic (exact) mass is 335 g/mol. The van der Waals surface area contributed by atoms with Gasteiger partial charge in [-0.15, -0.1) is 0 Å². The summed E-state index contributed by atoms with van der Waals surface area (Å²) in [5, 5.41) is 2.89. The smallest absolute Gasteiger partial charge is 0.221 e. The second-order valence-electron chi connectivity index (χ2n) is 6.22. The molecule has 2 N–H and O–H groups in total. The first-order chi connectivity index (χ1) is 12.0. The van der Waals surface area contributed by atoms with Crippen LogP contribution in [0.1, 0.15) is 47.6 Å². The third-order valence-electron chi connectivity index (χ3n) is 4.15. The molecule has 1 atom stereocenters. The quantitative estimate of drug-likeness (QED) is 0.674. The van der Waals surface area contributed by atoms with Gasteiger partial charge in [-0.2, -0.15) is 0 Å². The third-order valence-corrected chi connectivity index (χ3v) is 4.15. The number of ketones is 1. The number of aromatic amines is 1. The number of nitrogens with zero attached hydrogens (tertiary/aromatic N) is 1. The number of aromatic nitrogens is 2. The van der Waals surface area contributed by atoms with Crippen LogP contribution in [0.15, 0.2) is 48.5 Å².